The third kappa shape index (κ3) is 2.46. The molecular weight excluding hydrogens is 374 g/mol. The highest BCUT2D eigenvalue weighted by Gasteiger charge is 2.43. The minimum absolute atomic E-state index is 0.0810. The van der Waals surface area contributed by atoms with E-state index in [-0.39, 0.29) is 17.1 Å². The van der Waals surface area contributed by atoms with Crippen molar-refractivity contribution in [1.29, 1.82) is 0 Å². The molecular formula is C23H14ClNO3. The molecule has 28 heavy (non-hydrogen) atoms. The van der Waals surface area contributed by atoms with E-state index in [1.54, 1.807) is 53.4 Å². The molecule has 4 aromatic rings. The van der Waals surface area contributed by atoms with Crippen LogP contribution in [0, 0.1) is 0 Å². The molecule has 1 aromatic heterocycles. The second kappa shape index (κ2) is 6.36. The number of rotatable bonds is 2. The van der Waals surface area contributed by atoms with Gasteiger partial charge in [-0.25, -0.2) is 0 Å². The molecule has 1 aliphatic rings. The number of para-hydroxylation sites is 1. The number of carbonyl (C=O) groups excluding carboxylic acids is 1. The van der Waals surface area contributed by atoms with Gasteiger partial charge in [0.25, 0.3) is 5.91 Å². The lowest BCUT2D eigenvalue weighted by Crippen LogP contribution is -2.29. The predicted octanol–water partition coefficient (Wildman–Crippen LogP) is 5.20. The van der Waals surface area contributed by atoms with E-state index in [1.165, 1.54) is 0 Å². The number of fused-ring (bicyclic) bond motifs is 2. The Morgan fingerprint density at radius 3 is 2.39 bits per heavy atom. The van der Waals surface area contributed by atoms with Crippen LogP contribution in [0.5, 0.6) is 0 Å². The number of carbonyl (C=O) groups is 1. The molecule has 4 nitrogen and oxygen atoms in total. The lowest BCUT2D eigenvalue weighted by atomic mass is 9.98. The lowest BCUT2D eigenvalue weighted by Gasteiger charge is -2.25. The third-order valence-electron chi connectivity index (χ3n) is 4.98. The van der Waals surface area contributed by atoms with Gasteiger partial charge in [0.2, 0.25) is 5.76 Å². The van der Waals surface area contributed by atoms with Crippen LogP contribution in [0.2, 0.25) is 5.02 Å². The van der Waals surface area contributed by atoms with Gasteiger partial charge in [0.1, 0.15) is 5.58 Å². The van der Waals surface area contributed by atoms with Crippen molar-refractivity contribution in [3.63, 3.8) is 0 Å². The van der Waals surface area contributed by atoms with Crippen LogP contribution in [-0.2, 0) is 0 Å². The molecule has 0 spiro atoms. The zero-order valence-electron chi connectivity index (χ0n) is 14.6. The van der Waals surface area contributed by atoms with Crippen molar-refractivity contribution < 1.29 is 9.21 Å². The largest absolute Gasteiger partial charge is 0.450 e. The van der Waals surface area contributed by atoms with Crippen LogP contribution in [0.15, 0.2) is 88.1 Å². The average molecular weight is 388 g/mol. The van der Waals surface area contributed by atoms with Crippen LogP contribution < -0.4 is 10.3 Å². The molecule has 0 fully saturated rings. The molecule has 0 saturated carbocycles. The van der Waals surface area contributed by atoms with Crippen LogP contribution in [0.4, 0.5) is 5.69 Å². The van der Waals surface area contributed by atoms with Gasteiger partial charge in [0, 0.05) is 10.7 Å². The Hall–Kier alpha value is -3.37. The molecule has 1 atom stereocenters. The van der Waals surface area contributed by atoms with Crippen LogP contribution >= 0.6 is 11.6 Å². The van der Waals surface area contributed by atoms with Crippen molar-refractivity contribution in [1.82, 2.24) is 0 Å². The second-order valence-corrected chi connectivity index (χ2v) is 7.07. The molecule has 1 unspecified atom stereocenters. The van der Waals surface area contributed by atoms with Crippen molar-refractivity contribution in [3.8, 4) is 0 Å². The summed E-state index contributed by atoms with van der Waals surface area (Å²) in [6.07, 6.45) is 0. The predicted molar refractivity (Wildman–Crippen MR) is 109 cm³/mol. The Labute approximate surface area is 165 Å². The van der Waals surface area contributed by atoms with Gasteiger partial charge in [0.05, 0.1) is 17.0 Å². The molecule has 3 aromatic carbocycles. The quantitative estimate of drug-likeness (QED) is 0.475. The van der Waals surface area contributed by atoms with Gasteiger partial charge in [-0.3, -0.25) is 14.5 Å². The molecule has 136 valence electrons. The average Bonchev–Trinajstić information content (AvgIpc) is 3.02. The van der Waals surface area contributed by atoms with E-state index in [1.807, 2.05) is 30.3 Å². The molecule has 1 amide bonds. The maximum atomic E-state index is 13.3. The van der Waals surface area contributed by atoms with Gasteiger partial charge >= 0.3 is 0 Å². The highest BCUT2D eigenvalue weighted by molar-refractivity contribution is 6.31. The standard InChI is InChI=1S/C23H14ClNO3/c24-15-9-6-10-16(13-15)25-20(14-7-2-1-3-8-14)19-21(26)17-11-4-5-12-18(17)28-22(19)23(25)27/h1-13,20H. The van der Waals surface area contributed by atoms with Gasteiger partial charge in [-0.05, 0) is 35.9 Å². The van der Waals surface area contributed by atoms with Crippen molar-refractivity contribution in [2.24, 2.45) is 0 Å². The third-order valence-corrected chi connectivity index (χ3v) is 5.21. The molecule has 1 aliphatic heterocycles. The van der Waals surface area contributed by atoms with Crippen LogP contribution in [0.1, 0.15) is 27.7 Å². The number of halogens is 1. The van der Waals surface area contributed by atoms with E-state index in [9.17, 15) is 9.59 Å². The fourth-order valence-electron chi connectivity index (χ4n) is 3.76. The van der Waals surface area contributed by atoms with Crippen LogP contribution in [0.3, 0.4) is 0 Å². The number of anilines is 1. The zero-order valence-corrected chi connectivity index (χ0v) is 15.4. The summed E-state index contributed by atoms with van der Waals surface area (Å²) in [7, 11) is 0. The highest BCUT2D eigenvalue weighted by Crippen LogP contribution is 2.41. The lowest BCUT2D eigenvalue weighted by molar-refractivity contribution is 0.0971. The Morgan fingerprint density at radius 1 is 0.857 bits per heavy atom. The summed E-state index contributed by atoms with van der Waals surface area (Å²) in [5.41, 5.74) is 2.01. The Kier molecular flexibility index (Phi) is 3.81. The van der Waals surface area contributed by atoms with Gasteiger partial charge in [0.15, 0.2) is 5.43 Å². The molecule has 5 heteroatoms. The Balaban J connectivity index is 1.83. The summed E-state index contributed by atoms with van der Waals surface area (Å²) < 4.78 is 5.91. The Bertz CT molecular complexity index is 1280. The molecule has 2 heterocycles. The van der Waals surface area contributed by atoms with E-state index >= 15 is 0 Å². The number of hydrogen-bond acceptors (Lipinski definition) is 3. The number of amides is 1. The molecule has 0 bridgehead atoms. The maximum absolute atomic E-state index is 13.3. The fraction of sp³-hybridized carbons (Fsp3) is 0.0435. The fourth-order valence-corrected chi connectivity index (χ4v) is 3.95. The highest BCUT2D eigenvalue weighted by atomic mass is 35.5. The molecule has 0 saturated heterocycles. The maximum Gasteiger partial charge on any atom is 0.295 e. The van der Waals surface area contributed by atoms with Crippen LogP contribution in [-0.4, -0.2) is 5.91 Å². The van der Waals surface area contributed by atoms with E-state index in [0.717, 1.165) is 5.56 Å². The van der Waals surface area contributed by atoms with Gasteiger partial charge in [-0.2, -0.15) is 0 Å². The van der Waals surface area contributed by atoms with Gasteiger partial charge in [-0.1, -0.05) is 60.1 Å². The summed E-state index contributed by atoms with van der Waals surface area (Å²) in [6, 6.07) is 22.9. The first-order valence-corrected chi connectivity index (χ1v) is 9.23. The zero-order chi connectivity index (χ0) is 19.3. The first-order valence-electron chi connectivity index (χ1n) is 8.85. The summed E-state index contributed by atoms with van der Waals surface area (Å²) in [5, 5.41) is 0.973. The van der Waals surface area contributed by atoms with Crippen molar-refractivity contribution >= 4 is 34.2 Å². The Morgan fingerprint density at radius 2 is 1.61 bits per heavy atom. The molecule has 5 rings (SSSR count). The SMILES string of the molecule is O=C1c2oc3ccccc3c(=O)c2C(c2ccccc2)N1c1cccc(Cl)c1. The summed E-state index contributed by atoms with van der Waals surface area (Å²) in [5.74, 6) is -0.272. The summed E-state index contributed by atoms with van der Waals surface area (Å²) >= 11 is 6.17. The normalized spacial score (nSPS) is 15.8. The second-order valence-electron chi connectivity index (χ2n) is 6.64. The van der Waals surface area contributed by atoms with E-state index in [4.69, 9.17) is 16.0 Å². The van der Waals surface area contributed by atoms with E-state index < -0.39 is 6.04 Å². The van der Waals surface area contributed by atoms with Gasteiger partial charge in [-0.15, -0.1) is 0 Å². The van der Waals surface area contributed by atoms with E-state index in [0.29, 0.717) is 27.2 Å². The first kappa shape index (κ1) is 16.8. The topological polar surface area (TPSA) is 50.5 Å². The summed E-state index contributed by atoms with van der Waals surface area (Å²) in [4.78, 5) is 28.2. The number of nitrogens with zero attached hydrogens (tertiary/aromatic N) is 1. The van der Waals surface area contributed by atoms with Crippen molar-refractivity contribution in [2.75, 3.05) is 4.90 Å². The summed E-state index contributed by atoms with van der Waals surface area (Å²) in [6.45, 7) is 0. The smallest absolute Gasteiger partial charge is 0.295 e. The first-order chi connectivity index (χ1) is 13.6. The van der Waals surface area contributed by atoms with Crippen molar-refractivity contribution in [2.45, 2.75) is 6.04 Å². The minimum Gasteiger partial charge on any atom is -0.450 e. The van der Waals surface area contributed by atoms with Gasteiger partial charge < -0.3 is 4.42 Å². The number of benzene rings is 3. The minimum atomic E-state index is -0.581. The monoisotopic (exact) mass is 387 g/mol. The molecule has 0 N–H and O–H groups in total. The van der Waals surface area contributed by atoms with Crippen molar-refractivity contribution in [3.05, 3.63) is 111 Å². The van der Waals surface area contributed by atoms with E-state index in [2.05, 4.69) is 0 Å². The van der Waals surface area contributed by atoms with Crippen LogP contribution in [0.25, 0.3) is 11.0 Å². The molecule has 0 radical (unpaired) electrons. The molecule has 0 aliphatic carbocycles. The number of hydrogen-bond donors (Lipinski definition) is 0.